The van der Waals surface area contributed by atoms with Crippen molar-refractivity contribution < 1.29 is 14.5 Å². The number of ether oxygens (including phenoxy) is 1. The summed E-state index contributed by atoms with van der Waals surface area (Å²) in [4.78, 5) is 22.4. The molecule has 6 nitrogen and oxygen atoms in total. The number of hydrogen-bond acceptors (Lipinski definition) is 4. The number of rotatable bonds is 7. The third-order valence-corrected chi connectivity index (χ3v) is 3.66. The molecule has 0 bridgehead atoms. The van der Waals surface area contributed by atoms with Gasteiger partial charge >= 0.3 is 0 Å². The zero-order chi connectivity index (χ0) is 17.5. The lowest BCUT2D eigenvalue weighted by Crippen LogP contribution is -2.38. The molecule has 0 fully saturated rings. The summed E-state index contributed by atoms with van der Waals surface area (Å²) in [5.41, 5.74) is 1.07. The molecule has 0 heterocycles. The minimum absolute atomic E-state index is 0.0715. The van der Waals surface area contributed by atoms with Gasteiger partial charge in [-0.1, -0.05) is 43.3 Å². The first kappa shape index (κ1) is 17.5. The first-order chi connectivity index (χ1) is 11.5. The maximum atomic E-state index is 12.1. The van der Waals surface area contributed by atoms with E-state index in [1.807, 2.05) is 37.3 Å². The molecule has 0 spiro atoms. The number of amides is 1. The van der Waals surface area contributed by atoms with Crippen molar-refractivity contribution in [3.05, 3.63) is 70.3 Å². The zero-order valence-corrected chi connectivity index (χ0v) is 13.6. The van der Waals surface area contributed by atoms with Gasteiger partial charge in [0.25, 0.3) is 11.6 Å². The van der Waals surface area contributed by atoms with E-state index in [0.29, 0.717) is 12.3 Å². The van der Waals surface area contributed by atoms with Crippen molar-refractivity contribution in [3.63, 3.8) is 0 Å². The lowest BCUT2D eigenvalue weighted by atomic mass is 10.0. The summed E-state index contributed by atoms with van der Waals surface area (Å²) in [6, 6.07) is 15.7. The van der Waals surface area contributed by atoms with Crippen molar-refractivity contribution in [1.29, 1.82) is 0 Å². The maximum Gasteiger partial charge on any atom is 0.273 e. The molecule has 0 radical (unpaired) electrons. The van der Waals surface area contributed by atoms with Gasteiger partial charge in [-0.2, -0.15) is 0 Å². The van der Waals surface area contributed by atoms with Crippen LogP contribution in [0, 0.1) is 10.1 Å². The summed E-state index contributed by atoms with van der Waals surface area (Å²) in [7, 11) is 0. The van der Waals surface area contributed by atoms with Gasteiger partial charge < -0.3 is 10.1 Å². The summed E-state index contributed by atoms with van der Waals surface area (Å²) in [5.74, 6) is 0.215. The molecular weight excluding hydrogens is 308 g/mol. The molecule has 2 rings (SSSR count). The molecule has 2 atom stereocenters. The van der Waals surface area contributed by atoms with Gasteiger partial charge in [-0.15, -0.1) is 0 Å². The molecule has 0 unspecified atom stereocenters. The lowest BCUT2D eigenvalue weighted by molar-refractivity contribution is -0.384. The van der Waals surface area contributed by atoms with Gasteiger partial charge in [-0.25, -0.2) is 0 Å². The van der Waals surface area contributed by atoms with E-state index in [9.17, 15) is 14.9 Å². The highest BCUT2D eigenvalue weighted by atomic mass is 16.6. The number of nitro benzene ring substituents is 1. The van der Waals surface area contributed by atoms with Crippen LogP contribution >= 0.6 is 0 Å². The number of nitrogens with one attached hydrogen (secondary N) is 1. The minimum atomic E-state index is -0.741. The number of carbonyl (C=O) groups excluding carboxylic acids is 1. The summed E-state index contributed by atoms with van der Waals surface area (Å²) in [6.07, 6.45) is -0.741. The Bertz CT molecular complexity index is 703. The van der Waals surface area contributed by atoms with E-state index in [4.69, 9.17) is 4.74 Å². The van der Waals surface area contributed by atoms with Crippen LogP contribution in [-0.4, -0.2) is 23.5 Å². The number of nitrogens with zero attached hydrogens (tertiary/aromatic N) is 1. The van der Waals surface area contributed by atoms with E-state index in [2.05, 4.69) is 5.32 Å². The highest BCUT2D eigenvalue weighted by Crippen LogP contribution is 2.20. The monoisotopic (exact) mass is 328 g/mol. The first-order valence-corrected chi connectivity index (χ1v) is 7.71. The van der Waals surface area contributed by atoms with Gasteiger partial charge in [0.15, 0.2) is 6.10 Å². The Morgan fingerprint density at radius 3 is 2.54 bits per heavy atom. The summed E-state index contributed by atoms with van der Waals surface area (Å²) in [6.45, 7) is 4.13. The third-order valence-electron chi connectivity index (χ3n) is 3.66. The Balaban J connectivity index is 1.88. The zero-order valence-electron chi connectivity index (χ0n) is 13.6. The lowest BCUT2D eigenvalue weighted by Gasteiger charge is -2.17. The molecule has 2 aromatic carbocycles. The standard InChI is InChI=1S/C18H20N2O4/c1-13(15-7-4-3-5-8-15)12-19-18(21)14(2)24-17-10-6-9-16(11-17)20(22)23/h3-11,13-14H,12H2,1-2H3,(H,19,21)/t13-,14-/m1/s1. The van der Waals surface area contributed by atoms with Crippen LogP contribution in [-0.2, 0) is 4.79 Å². The summed E-state index contributed by atoms with van der Waals surface area (Å²) in [5, 5.41) is 13.6. The number of non-ortho nitro benzene ring substituents is 1. The van der Waals surface area contributed by atoms with Gasteiger partial charge in [0.2, 0.25) is 0 Å². The fourth-order valence-electron chi connectivity index (χ4n) is 2.22. The van der Waals surface area contributed by atoms with Gasteiger partial charge in [0, 0.05) is 12.6 Å². The minimum Gasteiger partial charge on any atom is -0.481 e. The van der Waals surface area contributed by atoms with Crippen LogP contribution in [0.2, 0.25) is 0 Å². The van der Waals surface area contributed by atoms with Gasteiger partial charge in [-0.3, -0.25) is 14.9 Å². The fraction of sp³-hybridized carbons (Fsp3) is 0.278. The summed E-state index contributed by atoms with van der Waals surface area (Å²) >= 11 is 0. The second-order valence-electron chi connectivity index (χ2n) is 5.57. The Morgan fingerprint density at radius 1 is 1.17 bits per heavy atom. The molecule has 0 aliphatic heterocycles. The number of nitro groups is 1. The number of hydrogen-bond donors (Lipinski definition) is 1. The fourth-order valence-corrected chi connectivity index (χ4v) is 2.22. The van der Waals surface area contributed by atoms with Crippen molar-refractivity contribution >= 4 is 11.6 Å². The van der Waals surface area contributed by atoms with Crippen molar-refractivity contribution in [2.75, 3.05) is 6.54 Å². The van der Waals surface area contributed by atoms with E-state index in [0.717, 1.165) is 5.56 Å². The first-order valence-electron chi connectivity index (χ1n) is 7.71. The van der Waals surface area contributed by atoms with E-state index in [-0.39, 0.29) is 17.5 Å². The Morgan fingerprint density at radius 2 is 1.88 bits per heavy atom. The SMILES string of the molecule is C[C@H](CNC(=O)[C@@H](C)Oc1cccc([N+](=O)[O-])c1)c1ccccc1. The molecule has 6 heteroatoms. The van der Waals surface area contributed by atoms with Crippen molar-refractivity contribution in [2.24, 2.45) is 0 Å². The Hall–Kier alpha value is -2.89. The number of benzene rings is 2. The van der Waals surface area contributed by atoms with E-state index in [1.54, 1.807) is 13.0 Å². The Kier molecular flexibility index (Phi) is 5.89. The molecule has 0 aromatic heterocycles. The molecule has 0 saturated heterocycles. The van der Waals surface area contributed by atoms with Crippen LogP contribution in [0.15, 0.2) is 54.6 Å². The maximum absolute atomic E-state index is 12.1. The molecular formula is C18H20N2O4. The van der Waals surface area contributed by atoms with Crippen LogP contribution in [0.5, 0.6) is 5.75 Å². The van der Waals surface area contributed by atoms with Crippen LogP contribution < -0.4 is 10.1 Å². The van der Waals surface area contributed by atoms with Gasteiger partial charge in [-0.05, 0) is 24.5 Å². The smallest absolute Gasteiger partial charge is 0.273 e. The topological polar surface area (TPSA) is 81.5 Å². The van der Waals surface area contributed by atoms with Crippen molar-refractivity contribution in [3.8, 4) is 5.75 Å². The third kappa shape index (κ3) is 4.81. The van der Waals surface area contributed by atoms with E-state index >= 15 is 0 Å². The van der Waals surface area contributed by atoms with Crippen LogP contribution in [0.1, 0.15) is 25.3 Å². The van der Waals surface area contributed by atoms with E-state index in [1.165, 1.54) is 18.2 Å². The number of carbonyl (C=O) groups is 1. The Labute approximate surface area is 140 Å². The molecule has 0 aliphatic carbocycles. The highest BCUT2D eigenvalue weighted by Gasteiger charge is 2.17. The van der Waals surface area contributed by atoms with Gasteiger partial charge in [0.05, 0.1) is 11.0 Å². The van der Waals surface area contributed by atoms with E-state index < -0.39 is 11.0 Å². The second kappa shape index (κ2) is 8.10. The summed E-state index contributed by atoms with van der Waals surface area (Å²) < 4.78 is 5.49. The average molecular weight is 328 g/mol. The molecule has 1 N–H and O–H groups in total. The second-order valence-corrected chi connectivity index (χ2v) is 5.57. The molecule has 24 heavy (non-hydrogen) atoms. The van der Waals surface area contributed by atoms with Crippen molar-refractivity contribution in [1.82, 2.24) is 5.32 Å². The normalized spacial score (nSPS) is 12.9. The molecule has 0 aliphatic rings. The quantitative estimate of drug-likeness (QED) is 0.624. The molecule has 1 amide bonds. The van der Waals surface area contributed by atoms with Crippen LogP contribution in [0.25, 0.3) is 0 Å². The average Bonchev–Trinajstić information content (AvgIpc) is 2.60. The highest BCUT2D eigenvalue weighted by molar-refractivity contribution is 5.80. The molecule has 2 aromatic rings. The van der Waals surface area contributed by atoms with Crippen LogP contribution in [0.4, 0.5) is 5.69 Å². The predicted molar refractivity (Wildman–Crippen MR) is 91.1 cm³/mol. The molecule has 0 saturated carbocycles. The van der Waals surface area contributed by atoms with Gasteiger partial charge in [0.1, 0.15) is 5.75 Å². The van der Waals surface area contributed by atoms with Crippen LogP contribution in [0.3, 0.4) is 0 Å². The van der Waals surface area contributed by atoms with Crippen molar-refractivity contribution in [2.45, 2.75) is 25.9 Å². The largest absolute Gasteiger partial charge is 0.481 e. The predicted octanol–water partition coefficient (Wildman–Crippen LogP) is 3.28. The molecule has 126 valence electrons.